The van der Waals surface area contributed by atoms with Crippen LogP contribution < -0.4 is 54.4 Å². The first-order valence-electron chi connectivity index (χ1n) is 28.2. The number of phenolic OH excluding ortho intramolecular Hbond substituents is 1. The number of para-hydroxylation sites is 1. The van der Waals surface area contributed by atoms with E-state index >= 15 is 0 Å². The molecule has 0 aliphatic rings. The quantitative estimate of drug-likeness (QED) is 0.0170. The highest BCUT2D eigenvalue weighted by atomic mass is 16.3. The number of urea groups is 1. The summed E-state index contributed by atoms with van der Waals surface area (Å²) in [6, 6.07) is 15.9. The molecular formula is C60H82N12O13. The van der Waals surface area contributed by atoms with E-state index in [1.54, 1.807) is 48.7 Å². The van der Waals surface area contributed by atoms with Gasteiger partial charge in [0.15, 0.2) is 23.3 Å². The van der Waals surface area contributed by atoms with Gasteiger partial charge >= 0.3 is 6.03 Å². The number of rotatable bonds is 37. The Morgan fingerprint density at radius 1 is 0.612 bits per heavy atom. The maximum atomic E-state index is 14.2. The second-order valence-corrected chi connectivity index (χ2v) is 21.6. The lowest BCUT2D eigenvalue weighted by molar-refractivity contribution is -0.136. The zero-order valence-corrected chi connectivity index (χ0v) is 48.7. The number of ketones is 4. The van der Waals surface area contributed by atoms with Crippen LogP contribution in [0.25, 0.3) is 10.9 Å². The maximum absolute atomic E-state index is 14.2. The molecule has 16 N–H and O–H groups in total. The lowest BCUT2D eigenvalue weighted by atomic mass is 9.90. The molecule has 0 fully saturated rings. The van der Waals surface area contributed by atoms with Gasteiger partial charge in [-0.15, -0.1) is 0 Å². The molecule has 0 unspecified atom stereocenters. The van der Waals surface area contributed by atoms with E-state index in [-0.39, 0.29) is 81.3 Å². The number of Topliss-reactive ketones (excluding diaryl/α,β-unsaturated/α-hetero) is 4. The van der Waals surface area contributed by atoms with Crippen LogP contribution in [0.4, 0.5) is 4.79 Å². The number of H-pyrrole nitrogens is 1. The number of hydrogen-bond donors (Lipinski definition) is 13. The van der Waals surface area contributed by atoms with Gasteiger partial charge < -0.3 is 74.4 Å². The summed E-state index contributed by atoms with van der Waals surface area (Å²) in [6.07, 6.45) is -1.29. The monoisotopic (exact) mass is 1180 g/mol. The molecule has 0 bridgehead atoms. The molecule has 0 aliphatic carbocycles. The molecule has 3 aromatic carbocycles. The number of aromatic nitrogens is 1. The second kappa shape index (κ2) is 34.6. The number of nitrogens with one attached hydrogen (secondary N) is 8. The van der Waals surface area contributed by atoms with Crippen molar-refractivity contribution in [3.63, 3.8) is 0 Å². The SMILES string of the molecule is CN=C(N)NCCC[C@H](CC(=O)[C@H](CC(C)C)NC(=O)NCC(=O)[C@H](Cc1ccccc1)NC(=O)[C@@H](CC(=O)[C@H](CC(N)=O)NC(=O)CCNC(=O)[C@H](CC(C)=O)Cc1ccc(O)cc1)[C@@H](C)O)C(=O)N[C@@H](Cc1c[nH]c2ccccc12)C(N)=O. The van der Waals surface area contributed by atoms with Crippen molar-refractivity contribution < 1.29 is 63.0 Å². The number of amides is 8. The zero-order valence-electron chi connectivity index (χ0n) is 48.7. The van der Waals surface area contributed by atoms with Crippen molar-refractivity contribution in [3.8, 4) is 5.75 Å². The van der Waals surface area contributed by atoms with Crippen LogP contribution in [-0.2, 0) is 67.2 Å². The third-order valence-corrected chi connectivity index (χ3v) is 14.1. The van der Waals surface area contributed by atoms with Gasteiger partial charge in [-0.2, -0.15) is 0 Å². The van der Waals surface area contributed by atoms with Crippen LogP contribution in [0.3, 0.4) is 0 Å². The Morgan fingerprint density at radius 3 is 1.89 bits per heavy atom. The summed E-state index contributed by atoms with van der Waals surface area (Å²) in [5.41, 5.74) is 19.9. The Balaban J connectivity index is 1.43. The molecule has 4 aromatic rings. The second-order valence-electron chi connectivity index (χ2n) is 21.6. The largest absolute Gasteiger partial charge is 0.508 e. The van der Waals surface area contributed by atoms with Gasteiger partial charge in [0.2, 0.25) is 35.4 Å². The highest BCUT2D eigenvalue weighted by molar-refractivity contribution is 5.98. The molecule has 0 saturated carbocycles. The van der Waals surface area contributed by atoms with E-state index in [1.807, 2.05) is 38.1 Å². The number of fused-ring (bicyclic) bond motifs is 1. The fourth-order valence-corrected chi connectivity index (χ4v) is 9.52. The predicted molar refractivity (Wildman–Crippen MR) is 317 cm³/mol. The first kappa shape index (κ1) is 68.5. The number of aliphatic hydroxyl groups is 1. The van der Waals surface area contributed by atoms with E-state index in [0.717, 1.165) is 16.5 Å². The summed E-state index contributed by atoms with van der Waals surface area (Å²) in [5, 5.41) is 39.7. The Morgan fingerprint density at radius 2 is 1.26 bits per heavy atom. The Kier molecular flexibility index (Phi) is 27.9. The lowest BCUT2D eigenvalue weighted by Gasteiger charge is -2.26. The van der Waals surface area contributed by atoms with Crippen LogP contribution >= 0.6 is 0 Å². The molecule has 85 heavy (non-hydrogen) atoms. The third kappa shape index (κ3) is 24.0. The fourth-order valence-electron chi connectivity index (χ4n) is 9.52. The molecule has 0 aliphatic heterocycles. The molecule has 0 radical (unpaired) electrons. The normalized spacial score (nSPS) is 14.2. The number of nitrogens with zero attached hydrogens (tertiary/aromatic N) is 1. The van der Waals surface area contributed by atoms with Crippen LogP contribution in [0, 0.1) is 23.7 Å². The van der Waals surface area contributed by atoms with Gasteiger partial charge in [-0.25, -0.2) is 4.79 Å². The number of guanidine groups is 1. The lowest BCUT2D eigenvalue weighted by Crippen LogP contribution is -2.53. The average molecular weight is 1180 g/mol. The van der Waals surface area contributed by atoms with E-state index < -0.39 is 126 Å². The number of aromatic amines is 1. The molecule has 460 valence electrons. The van der Waals surface area contributed by atoms with Gasteiger partial charge in [-0.3, -0.25) is 48.1 Å². The van der Waals surface area contributed by atoms with E-state index in [4.69, 9.17) is 17.2 Å². The van der Waals surface area contributed by atoms with Crippen molar-refractivity contribution in [1.82, 2.24) is 42.2 Å². The molecule has 25 heteroatoms. The number of hydrogen-bond acceptors (Lipinski definition) is 14. The molecule has 8 amide bonds. The summed E-state index contributed by atoms with van der Waals surface area (Å²) in [7, 11) is 1.50. The smallest absolute Gasteiger partial charge is 0.315 e. The fraction of sp³-hybridized carbons (Fsp3) is 0.467. The number of carbonyl (C=O) groups is 11. The molecule has 8 atom stereocenters. The number of aliphatic hydroxyl groups excluding tert-OH is 1. The Hall–Kier alpha value is -9.00. The van der Waals surface area contributed by atoms with Gasteiger partial charge in [0, 0.05) is 81.2 Å². The Bertz CT molecular complexity index is 2980. The molecular weight excluding hydrogens is 1100 g/mol. The van der Waals surface area contributed by atoms with Crippen LogP contribution in [0.1, 0.15) is 95.8 Å². The first-order chi connectivity index (χ1) is 40.3. The van der Waals surface area contributed by atoms with Gasteiger partial charge in [0.05, 0.1) is 43.1 Å². The molecule has 0 spiro atoms. The Labute approximate surface area is 493 Å². The van der Waals surface area contributed by atoms with E-state index in [9.17, 15) is 63.0 Å². The molecule has 0 saturated heterocycles. The number of aliphatic imine (C=N–C) groups is 1. The highest BCUT2D eigenvalue weighted by Gasteiger charge is 2.35. The third-order valence-electron chi connectivity index (χ3n) is 14.1. The van der Waals surface area contributed by atoms with Gasteiger partial charge in [0.1, 0.15) is 17.6 Å². The van der Waals surface area contributed by atoms with Crippen molar-refractivity contribution in [2.75, 3.05) is 26.7 Å². The van der Waals surface area contributed by atoms with Gasteiger partial charge in [0.25, 0.3) is 0 Å². The number of primary amides is 2. The zero-order chi connectivity index (χ0) is 62.8. The summed E-state index contributed by atoms with van der Waals surface area (Å²) >= 11 is 0. The standard InChI is InChI=1S/C60H82N12O13/c1-34(2)24-46(50(76)29-39(14-11-22-66-59(63)64-5)57(83)71-49(55(62)81)28-41-32-67-45-16-10-9-15-43(41)45)72-60(85)68-33-52(78)47(27-37-12-7-6-8-13-37)70-58(84)44(36(4)74)30-51(77)48(31-53(61)79)69-54(80)21-23-65-56(82)40(25-35(3)73)26-38-17-19-42(75)20-18-38/h6-10,12-13,15-20,32,34,36,39-40,44,46-49,67,74-75H,11,14,21-31,33H2,1-5H3,(H2,61,79)(H2,62,81)(H,65,82)(H,69,80)(H,70,84)(H,71,83)(H3,63,64,66)(H2,68,72,85)/t36-,39-,40-,44+,46+,47+,48+,49+/m1/s1. The first-order valence-corrected chi connectivity index (χ1v) is 28.2. The van der Waals surface area contributed by atoms with Crippen LogP contribution in [0.15, 0.2) is 90.1 Å². The van der Waals surface area contributed by atoms with Crippen LogP contribution in [-0.4, -0.2) is 143 Å². The minimum Gasteiger partial charge on any atom is -0.508 e. The number of nitrogens with two attached hydrogens (primary N) is 3. The average Bonchev–Trinajstić information content (AvgIpc) is 3.43. The summed E-state index contributed by atoms with van der Waals surface area (Å²) in [6.45, 7) is 5.60. The summed E-state index contributed by atoms with van der Waals surface area (Å²) in [4.78, 5) is 154. The van der Waals surface area contributed by atoms with Crippen LogP contribution in [0.2, 0.25) is 0 Å². The number of aromatic hydroxyl groups is 1. The topological polar surface area (TPSA) is 419 Å². The number of benzene rings is 3. The van der Waals surface area contributed by atoms with Crippen molar-refractivity contribution >= 4 is 81.5 Å². The van der Waals surface area contributed by atoms with Crippen molar-refractivity contribution in [1.29, 1.82) is 0 Å². The van der Waals surface area contributed by atoms with Crippen molar-refractivity contribution in [2.24, 2.45) is 45.9 Å². The van der Waals surface area contributed by atoms with E-state index in [0.29, 0.717) is 24.1 Å². The maximum Gasteiger partial charge on any atom is 0.315 e. The predicted octanol–water partition coefficient (Wildman–Crippen LogP) is 0.947. The molecule has 25 nitrogen and oxygen atoms in total. The highest BCUT2D eigenvalue weighted by Crippen LogP contribution is 2.22. The summed E-state index contributed by atoms with van der Waals surface area (Å²) in [5.74, 6) is -10.3. The van der Waals surface area contributed by atoms with Crippen LogP contribution in [0.5, 0.6) is 5.75 Å². The molecule has 4 rings (SSSR count). The molecule has 1 heterocycles. The minimum absolute atomic E-state index is 0.0241. The van der Waals surface area contributed by atoms with Crippen molar-refractivity contribution in [2.45, 2.75) is 129 Å². The molecule has 1 aromatic heterocycles. The number of phenols is 1. The van der Waals surface area contributed by atoms with Crippen molar-refractivity contribution in [3.05, 3.63) is 102 Å². The van der Waals surface area contributed by atoms with E-state index in [1.165, 1.54) is 33.0 Å². The minimum atomic E-state index is -1.56. The van der Waals surface area contributed by atoms with E-state index in [2.05, 4.69) is 47.2 Å². The number of carbonyl (C=O) groups excluding carboxylic acids is 11. The van der Waals surface area contributed by atoms with Gasteiger partial charge in [-0.1, -0.05) is 74.5 Å². The summed E-state index contributed by atoms with van der Waals surface area (Å²) < 4.78 is 0. The van der Waals surface area contributed by atoms with Gasteiger partial charge in [-0.05, 0) is 86.8 Å².